The molecule has 0 radical (unpaired) electrons. The van der Waals surface area contributed by atoms with E-state index in [2.05, 4.69) is 20.6 Å². The maximum Gasteiger partial charge on any atom is 0.490 e. The molecule has 0 unspecified atom stereocenters. The van der Waals surface area contributed by atoms with Crippen LogP contribution in [0.2, 0.25) is 0 Å². The van der Waals surface area contributed by atoms with E-state index in [0.29, 0.717) is 11.4 Å². The van der Waals surface area contributed by atoms with Gasteiger partial charge < -0.3 is 20.6 Å². The summed E-state index contributed by atoms with van der Waals surface area (Å²) in [7, 11) is 3.88. The number of aromatic nitrogens is 2. The van der Waals surface area contributed by atoms with E-state index in [1.165, 1.54) is 0 Å². The molecule has 0 atom stereocenters. The van der Waals surface area contributed by atoms with Crippen LogP contribution >= 0.6 is 0 Å². The third-order valence-electron chi connectivity index (χ3n) is 3.86. The lowest BCUT2D eigenvalue weighted by molar-refractivity contribution is -0.192. The molecule has 0 fully saturated rings. The SMILES string of the molecule is CN(C)c1ccc(NC(=O)c2ccc(Nc3ccncc3)cc2)nc1.O=C(O)C(F)(F)F. The highest BCUT2D eigenvalue weighted by Crippen LogP contribution is 2.17. The summed E-state index contributed by atoms with van der Waals surface area (Å²) >= 11 is 0. The Morgan fingerprint density at radius 2 is 1.50 bits per heavy atom. The van der Waals surface area contributed by atoms with Crippen LogP contribution in [-0.2, 0) is 4.79 Å². The molecule has 3 aromatic rings. The average molecular weight is 447 g/mol. The van der Waals surface area contributed by atoms with Gasteiger partial charge in [-0.05, 0) is 48.5 Å². The van der Waals surface area contributed by atoms with E-state index in [-0.39, 0.29) is 5.91 Å². The highest BCUT2D eigenvalue weighted by Gasteiger charge is 2.38. The second kappa shape index (κ2) is 10.8. The van der Waals surface area contributed by atoms with Crippen molar-refractivity contribution in [2.75, 3.05) is 29.6 Å². The number of carbonyl (C=O) groups excluding carboxylic acids is 1. The fourth-order valence-corrected chi connectivity index (χ4v) is 2.22. The standard InChI is InChI=1S/C19H19N5O.C2HF3O2/c1-24(2)17-7-8-18(21-13-17)23-19(25)14-3-5-15(6-4-14)22-16-9-11-20-12-10-16;3-2(4,5)1(6)7/h3-13H,1-2H3,(H,20,22)(H,21,23,25);(H,6,7). The number of aliphatic carboxylic acids is 1. The Morgan fingerprint density at radius 1 is 0.938 bits per heavy atom. The first-order valence-corrected chi connectivity index (χ1v) is 9.08. The molecule has 0 saturated carbocycles. The summed E-state index contributed by atoms with van der Waals surface area (Å²) in [6, 6.07) is 14.7. The quantitative estimate of drug-likeness (QED) is 0.539. The maximum atomic E-state index is 12.3. The minimum Gasteiger partial charge on any atom is -0.475 e. The van der Waals surface area contributed by atoms with Crippen molar-refractivity contribution in [3.05, 3.63) is 72.7 Å². The molecule has 11 heteroatoms. The molecule has 8 nitrogen and oxygen atoms in total. The first-order valence-electron chi connectivity index (χ1n) is 9.08. The highest BCUT2D eigenvalue weighted by molar-refractivity contribution is 6.04. The summed E-state index contributed by atoms with van der Waals surface area (Å²) in [4.78, 5) is 31.4. The summed E-state index contributed by atoms with van der Waals surface area (Å²) < 4.78 is 31.7. The monoisotopic (exact) mass is 447 g/mol. The Bertz CT molecular complexity index is 1030. The van der Waals surface area contributed by atoms with Gasteiger partial charge in [-0.25, -0.2) is 9.78 Å². The number of pyridine rings is 2. The number of halogens is 3. The van der Waals surface area contributed by atoms with Gasteiger partial charge in [0.05, 0.1) is 11.9 Å². The number of nitrogens with zero attached hydrogens (tertiary/aromatic N) is 3. The number of anilines is 4. The maximum absolute atomic E-state index is 12.3. The van der Waals surface area contributed by atoms with Gasteiger partial charge in [0.25, 0.3) is 5.91 Å². The van der Waals surface area contributed by atoms with Gasteiger partial charge >= 0.3 is 12.1 Å². The molecule has 0 aliphatic rings. The zero-order chi connectivity index (χ0) is 23.7. The Kier molecular flexibility index (Phi) is 8.11. The van der Waals surface area contributed by atoms with Crippen molar-refractivity contribution in [2.45, 2.75) is 6.18 Å². The van der Waals surface area contributed by atoms with Crippen molar-refractivity contribution >= 4 is 34.8 Å². The van der Waals surface area contributed by atoms with Crippen molar-refractivity contribution in [3.63, 3.8) is 0 Å². The van der Waals surface area contributed by atoms with Gasteiger partial charge in [0.1, 0.15) is 5.82 Å². The Hall–Kier alpha value is -4.15. The second-order valence-corrected chi connectivity index (χ2v) is 6.49. The molecule has 2 heterocycles. The first kappa shape index (κ1) is 24.1. The van der Waals surface area contributed by atoms with Crippen LogP contribution in [0.1, 0.15) is 10.4 Å². The van der Waals surface area contributed by atoms with Gasteiger partial charge in [-0.15, -0.1) is 0 Å². The van der Waals surface area contributed by atoms with Crippen LogP contribution in [0.5, 0.6) is 0 Å². The summed E-state index contributed by atoms with van der Waals surface area (Å²) in [6.07, 6.45) is 0.0782. The number of hydrogen-bond donors (Lipinski definition) is 3. The molecule has 0 aliphatic heterocycles. The van der Waals surface area contributed by atoms with Crippen LogP contribution in [0, 0.1) is 0 Å². The second-order valence-electron chi connectivity index (χ2n) is 6.49. The molecular weight excluding hydrogens is 427 g/mol. The minimum atomic E-state index is -5.08. The van der Waals surface area contributed by atoms with Crippen LogP contribution in [0.4, 0.5) is 36.1 Å². The van der Waals surface area contributed by atoms with Crippen molar-refractivity contribution in [1.29, 1.82) is 0 Å². The number of carboxylic acid groups (broad SMARTS) is 1. The Balaban J connectivity index is 0.000000451. The normalized spacial score (nSPS) is 10.4. The summed E-state index contributed by atoms with van der Waals surface area (Å²) in [5, 5.41) is 13.2. The molecule has 3 N–H and O–H groups in total. The van der Waals surface area contributed by atoms with Crippen LogP contribution in [0.25, 0.3) is 0 Å². The van der Waals surface area contributed by atoms with Gasteiger partial charge in [0.2, 0.25) is 0 Å². The van der Waals surface area contributed by atoms with E-state index in [0.717, 1.165) is 17.1 Å². The minimum absolute atomic E-state index is 0.194. The number of hydrogen-bond acceptors (Lipinski definition) is 6. The molecule has 32 heavy (non-hydrogen) atoms. The van der Waals surface area contributed by atoms with E-state index in [4.69, 9.17) is 9.90 Å². The highest BCUT2D eigenvalue weighted by atomic mass is 19.4. The van der Waals surface area contributed by atoms with Crippen molar-refractivity contribution in [1.82, 2.24) is 9.97 Å². The van der Waals surface area contributed by atoms with E-state index in [1.807, 2.05) is 49.3 Å². The van der Waals surface area contributed by atoms with Crippen LogP contribution in [0.15, 0.2) is 67.1 Å². The number of carboxylic acids is 1. The largest absolute Gasteiger partial charge is 0.490 e. The Labute approximate surface area is 181 Å². The van der Waals surface area contributed by atoms with E-state index in [1.54, 1.807) is 36.8 Å². The number of benzene rings is 1. The number of nitrogens with one attached hydrogen (secondary N) is 2. The zero-order valence-electron chi connectivity index (χ0n) is 17.1. The molecule has 1 amide bonds. The topological polar surface area (TPSA) is 107 Å². The molecule has 3 rings (SSSR count). The fraction of sp³-hybridized carbons (Fsp3) is 0.143. The molecule has 168 valence electrons. The summed E-state index contributed by atoms with van der Waals surface area (Å²) in [6.45, 7) is 0. The van der Waals surface area contributed by atoms with Gasteiger partial charge in [0.15, 0.2) is 0 Å². The number of amides is 1. The van der Waals surface area contributed by atoms with E-state index >= 15 is 0 Å². The van der Waals surface area contributed by atoms with E-state index in [9.17, 15) is 18.0 Å². The van der Waals surface area contributed by atoms with E-state index < -0.39 is 12.1 Å². The van der Waals surface area contributed by atoms with Gasteiger partial charge in [0, 0.05) is 43.4 Å². The Morgan fingerprint density at radius 3 is 1.97 bits per heavy atom. The predicted molar refractivity (Wildman–Crippen MR) is 114 cm³/mol. The number of carbonyl (C=O) groups is 2. The van der Waals surface area contributed by atoms with Gasteiger partial charge in [-0.3, -0.25) is 9.78 Å². The predicted octanol–water partition coefficient (Wildman–Crippen LogP) is 4.17. The third-order valence-corrected chi connectivity index (χ3v) is 3.86. The van der Waals surface area contributed by atoms with Gasteiger partial charge in [-0.1, -0.05) is 0 Å². The summed E-state index contributed by atoms with van der Waals surface area (Å²) in [5.74, 6) is -2.43. The lowest BCUT2D eigenvalue weighted by Crippen LogP contribution is -2.21. The molecule has 1 aromatic carbocycles. The van der Waals surface area contributed by atoms with Crippen LogP contribution in [0.3, 0.4) is 0 Å². The lowest BCUT2D eigenvalue weighted by atomic mass is 10.2. The molecule has 0 saturated heterocycles. The zero-order valence-corrected chi connectivity index (χ0v) is 17.1. The van der Waals surface area contributed by atoms with Crippen molar-refractivity contribution in [3.8, 4) is 0 Å². The molecule has 0 aliphatic carbocycles. The average Bonchev–Trinajstić information content (AvgIpc) is 2.75. The molecule has 2 aromatic heterocycles. The smallest absolute Gasteiger partial charge is 0.475 e. The summed E-state index contributed by atoms with van der Waals surface area (Å²) in [5.41, 5.74) is 3.39. The lowest BCUT2D eigenvalue weighted by Gasteiger charge is -2.12. The number of rotatable bonds is 5. The van der Waals surface area contributed by atoms with Crippen LogP contribution in [-0.4, -0.2) is 47.2 Å². The number of alkyl halides is 3. The molecule has 0 spiro atoms. The third kappa shape index (κ3) is 7.59. The first-order chi connectivity index (χ1) is 15.1. The fourth-order valence-electron chi connectivity index (χ4n) is 2.22. The molecule has 0 bridgehead atoms. The molecular formula is C21H20F3N5O3. The van der Waals surface area contributed by atoms with Crippen molar-refractivity contribution in [2.24, 2.45) is 0 Å². The van der Waals surface area contributed by atoms with Crippen LogP contribution < -0.4 is 15.5 Å². The van der Waals surface area contributed by atoms with Gasteiger partial charge in [-0.2, -0.15) is 13.2 Å². The van der Waals surface area contributed by atoms with Crippen molar-refractivity contribution < 1.29 is 27.9 Å².